The zero-order valence-corrected chi connectivity index (χ0v) is 11.2. The van der Waals surface area contributed by atoms with Crippen LogP contribution in [0.5, 0.6) is 0 Å². The number of hydrogen-bond donors (Lipinski definition) is 1. The zero-order valence-electron chi connectivity index (χ0n) is 11.2. The van der Waals surface area contributed by atoms with Crippen LogP contribution in [0.3, 0.4) is 0 Å². The monoisotopic (exact) mass is 268 g/mol. The van der Waals surface area contributed by atoms with Gasteiger partial charge in [-0.3, -0.25) is 4.98 Å². The van der Waals surface area contributed by atoms with Gasteiger partial charge in [0, 0.05) is 30.1 Å². The van der Waals surface area contributed by atoms with Gasteiger partial charge >= 0.3 is 0 Å². The van der Waals surface area contributed by atoms with Crippen molar-refractivity contribution in [1.82, 2.24) is 10.1 Å². The van der Waals surface area contributed by atoms with Crippen LogP contribution in [-0.4, -0.2) is 10.1 Å². The van der Waals surface area contributed by atoms with Crippen LogP contribution in [0, 0.1) is 5.82 Å². The largest absolute Gasteiger partial charge is 0.265 e. The van der Waals surface area contributed by atoms with E-state index in [1.807, 2.05) is 29.1 Å². The molecule has 0 bridgehead atoms. The van der Waals surface area contributed by atoms with Crippen LogP contribution >= 0.6 is 0 Å². The predicted octanol–water partition coefficient (Wildman–Crippen LogP) is 3.05. The molecule has 0 aliphatic rings. The van der Waals surface area contributed by atoms with Crippen LogP contribution < -0.4 is 4.68 Å². The van der Waals surface area contributed by atoms with E-state index in [0.717, 1.165) is 23.4 Å². The number of nitrogens with one attached hydrogen (secondary N) is 1. The molecule has 0 radical (unpaired) electrons. The number of H-pyrrole nitrogens is 1. The molecule has 0 fully saturated rings. The summed E-state index contributed by atoms with van der Waals surface area (Å²) in [6, 6.07) is 10.5. The van der Waals surface area contributed by atoms with Crippen molar-refractivity contribution in [2.45, 2.75) is 13.3 Å². The van der Waals surface area contributed by atoms with Crippen LogP contribution in [0.15, 0.2) is 55.0 Å². The Morgan fingerprint density at radius 2 is 2.00 bits per heavy atom. The maximum absolute atomic E-state index is 13.4. The van der Waals surface area contributed by atoms with Gasteiger partial charge in [-0.15, -0.1) is 0 Å². The first-order valence-corrected chi connectivity index (χ1v) is 6.58. The number of hydrogen-bond acceptors (Lipinski definition) is 1. The molecule has 4 heteroatoms. The van der Waals surface area contributed by atoms with Crippen LogP contribution in [0.25, 0.3) is 16.9 Å². The minimum absolute atomic E-state index is 0.247. The summed E-state index contributed by atoms with van der Waals surface area (Å²) >= 11 is 0. The van der Waals surface area contributed by atoms with E-state index >= 15 is 0 Å². The van der Waals surface area contributed by atoms with E-state index in [1.54, 1.807) is 18.5 Å². The molecular weight excluding hydrogens is 253 g/mol. The number of aromatic nitrogens is 3. The second-order valence-corrected chi connectivity index (χ2v) is 4.55. The van der Waals surface area contributed by atoms with Gasteiger partial charge in [-0.2, -0.15) is 5.10 Å². The fraction of sp³-hybridized carbons (Fsp3) is 0.125. The van der Waals surface area contributed by atoms with E-state index in [1.165, 1.54) is 17.7 Å². The molecule has 0 aliphatic carbocycles. The van der Waals surface area contributed by atoms with Crippen LogP contribution in [0.2, 0.25) is 0 Å². The average molecular weight is 268 g/mol. The van der Waals surface area contributed by atoms with Crippen molar-refractivity contribution in [1.29, 1.82) is 0 Å². The highest BCUT2D eigenvalue weighted by Gasteiger charge is 2.22. The lowest BCUT2D eigenvalue weighted by Gasteiger charge is -2.00. The number of nitrogens with zero attached hydrogens (tertiary/aromatic N) is 2. The zero-order chi connectivity index (χ0) is 13.9. The van der Waals surface area contributed by atoms with Crippen molar-refractivity contribution in [3.05, 3.63) is 66.4 Å². The molecule has 3 nitrogen and oxygen atoms in total. The molecule has 0 spiro atoms. The maximum Gasteiger partial charge on any atom is 0.248 e. The van der Waals surface area contributed by atoms with Gasteiger partial charge in [-0.25, -0.2) is 4.39 Å². The maximum atomic E-state index is 13.4. The molecule has 0 atom stereocenters. The molecule has 20 heavy (non-hydrogen) atoms. The highest BCUT2D eigenvalue weighted by molar-refractivity contribution is 5.59. The van der Waals surface area contributed by atoms with Crippen molar-refractivity contribution >= 4 is 0 Å². The number of aryl methyl sites for hydroxylation is 1. The fourth-order valence-corrected chi connectivity index (χ4v) is 2.33. The van der Waals surface area contributed by atoms with Gasteiger partial charge < -0.3 is 0 Å². The first-order valence-electron chi connectivity index (χ1n) is 6.58. The van der Waals surface area contributed by atoms with Gasteiger partial charge in [0.05, 0.1) is 11.8 Å². The Hall–Kier alpha value is -2.49. The molecule has 1 N–H and O–H groups in total. The minimum Gasteiger partial charge on any atom is -0.265 e. The molecule has 3 rings (SSSR count). The van der Waals surface area contributed by atoms with Crippen LogP contribution in [-0.2, 0) is 6.42 Å². The van der Waals surface area contributed by atoms with Gasteiger partial charge in [-0.1, -0.05) is 17.7 Å². The quantitative estimate of drug-likeness (QED) is 0.728. The van der Waals surface area contributed by atoms with Gasteiger partial charge in [-0.05, 0) is 24.6 Å². The minimum atomic E-state index is -0.247. The second-order valence-electron chi connectivity index (χ2n) is 4.55. The third-order valence-electron chi connectivity index (χ3n) is 3.30. The third-order valence-corrected chi connectivity index (χ3v) is 3.30. The molecule has 1 aromatic carbocycles. The summed E-state index contributed by atoms with van der Waals surface area (Å²) in [4.78, 5) is 4.05. The Kier molecular flexibility index (Phi) is 3.29. The summed E-state index contributed by atoms with van der Waals surface area (Å²) in [6.07, 6.45) is 6.38. The van der Waals surface area contributed by atoms with Crippen molar-refractivity contribution in [3.8, 4) is 16.9 Å². The third kappa shape index (κ3) is 2.20. The lowest BCUT2D eigenvalue weighted by atomic mass is 10.1. The molecular formula is C16H15FN3+. The summed E-state index contributed by atoms with van der Waals surface area (Å²) in [5.41, 5.74) is 4.06. The molecule has 0 unspecified atom stereocenters. The summed E-state index contributed by atoms with van der Waals surface area (Å²) in [5.74, 6) is -0.247. The topological polar surface area (TPSA) is 32.6 Å². The van der Waals surface area contributed by atoms with E-state index in [2.05, 4.69) is 17.0 Å². The van der Waals surface area contributed by atoms with Gasteiger partial charge in [0.2, 0.25) is 11.4 Å². The molecule has 0 amide bonds. The predicted molar refractivity (Wildman–Crippen MR) is 74.9 cm³/mol. The SMILES string of the molecule is CCc1c[nH][n+](-c2cccc(F)c2)c1-c1ccncc1. The summed E-state index contributed by atoms with van der Waals surface area (Å²) in [6.45, 7) is 2.10. The van der Waals surface area contributed by atoms with Crippen molar-refractivity contribution < 1.29 is 9.07 Å². The Balaban J connectivity index is 2.20. The molecule has 0 saturated carbocycles. The first kappa shape index (κ1) is 12.5. The van der Waals surface area contributed by atoms with Crippen molar-refractivity contribution in [2.75, 3.05) is 0 Å². The average Bonchev–Trinajstić information content (AvgIpc) is 2.92. The van der Waals surface area contributed by atoms with E-state index in [-0.39, 0.29) is 5.82 Å². The molecule has 2 heterocycles. The van der Waals surface area contributed by atoms with Crippen LogP contribution in [0.4, 0.5) is 4.39 Å². The lowest BCUT2D eigenvalue weighted by Crippen LogP contribution is -2.34. The lowest BCUT2D eigenvalue weighted by molar-refractivity contribution is -0.644. The Morgan fingerprint density at radius 3 is 2.70 bits per heavy atom. The first-order chi connectivity index (χ1) is 9.79. The molecule has 0 aliphatic heterocycles. The van der Waals surface area contributed by atoms with E-state index in [4.69, 9.17) is 0 Å². The second kappa shape index (κ2) is 5.25. The van der Waals surface area contributed by atoms with Crippen molar-refractivity contribution in [2.24, 2.45) is 0 Å². The summed E-state index contributed by atoms with van der Waals surface area (Å²) in [7, 11) is 0. The molecule has 2 aromatic heterocycles. The number of aromatic amines is 1. The molecule has 3 aromatic rings. The number of benzene rings is 1. The number of rotatable bonds is 3. The molecule has 100 valence electrons. The highest BCUT2D eigenvalue weighted by Crippen LogP contribution is 2.21. The molecule has 0 saturated heterocycles. The van der Waals surface area contributed by atoms with E-state index < -0.39 is 0 Å². The van der Waals surface area contributed by atoms with E-state index in [9.17, 15) is 4.39 Å². The highest BCUT2D eigenvalue weighted by atomic mass is 19.1. The Labute approximate surface area is 116 Å². The number of halogens is 1. The fourth-order valence-electron chi connectivity index (χ4n) is 2.33. The van der Waals surface area contributed by atoms with Crippen molar-refractivity contribution in [3.63, 3.8) is 0 Å². The van der Waals surface area contributed by atoms with E-state index in [0.29, 0.717) is 0 Å². The Bertz CT molecular complexity index is 720. The Morgan fingerprint density at radius 1 is 1.20 bits per heavy atom. The number of pyridine rings is 1. The smallest absolute Gasteiger partial charge is 0.248 e. The van der Waals surface area contributed by atoms with Crippen LogP contribution in [0.1, 0.15) is 12.5 Å². The standard InChI is InChI=1S/C16H14FN3/c1-2-12-11-19-20(15-5-3-4-14(17)10-15)16(12)13-6-8-18-9-7-13/h3-11H,2H2,1H3/p+1. The summed E-state index contributed by atoms with van der Waals surface area (Å²) in [5, 5.41) is 3.20. The van der Waals surface area contributed by atoms with Gasteiger partial charge in [0.15, 0.2) is 0 Å². The van der Waals surface area contributed by atoms with Gasteiger partial charge in [0.1, 0.15) is 5.82 Å². The van der Waals surface area contributed by atoms with Gasteiger partial charge in [0.25, 0.3) is 0 Å². The summed E-state index contributed by atoms with van der Waals surface area (Å²) < 4.78 is 15.3. The normalized spacial score (nSPS) is 10.7.